The van der Waals surface area contributed by atoms with Gasteiger partial charge in [0.2, 0.25) is 5.91 Å². The van der Waals surface area contributed by atoms with E-state index in [0.717, 1.165) is 56.2 Å². The minimum atomic E-state index is -0.417. The highest BCUT2D eigenvalue weighted by atomic mass is 16.2. The summed E-state index contributed by atoms with van der Waals surface area (Å²) in [6.45, 7) is 3.78. The smallest absolute Gasteiger partial charge is 0.230 e. The van der Waals surface area contributed by atoms with Crippen molar-refractivity contribution in [3.05, 3.63) is 71.8 Å². The van der Waals surface area contributed by atoms with Gasteiger partial charge in [-0.05, 0) is 32.1 Å². The molecule has 1 heterocycles. The van der Waals surface area contributed by atoms with Crippen LogP contribution in [0.5, 0.6) is 0 Å². The standard InChI is InChI=1S/C27H36N2O2/c1-29(21-23-13-5-2-6-14-23,22-24-15-7-3-8-16-24)20-12-4-9-18-26(30)25-17-10-11-19-28-27(25)31/h2-3,5-8,13-16,25H,4,9-12,17-22H2,1H3/p+1. The lowest BCUT2D eigenvalue weighted by Gasteiger charge is -2.35. The highest BCUT2D eigenvalue weighted by molar-refractivity contribution is 6.01. The Labute approximate surface area is 187 Å². The van der Waals surface area contributed by atoms with E-state index in [1.54, 1.807) is 0 Å². The zero-order chi connectivity index (χ0) is 21.9. The van der Waals surface area contributed by atoms with Crippen LogP contribution < -0.4 is 5.32 Å². The molecule has 166 valence electrons. The Bertz CT molecular complexity index is 778. The van der Waals surface area contributed by atoms with Crippen LogP contribution in [0.4, 0.5) is 0 Å². The Kier molecular flexibility index (Phi) is 8.84. The monoisotopic (exact) mass is 421 g/mol. The number of unbranched alkanes of at least 4 members (excludes halogenated alkanes) is 2. The van der Waals surface area contributed by atoms with E-state index in [-0.39, 0.29) is 11.7 Å². The van der Waals surface area contributed by atoms with E-state index in [1.807, 2.05) is 0 Å². The summed E-state index contributed by atoms with van der Waals surface area (Å²) in [5.41, 5.74) is 2.71. The summed E-state index contributed by atoms with van der Waals surface area (Å²) in [5.74, 6) is -0.345. The summed E-state index contributed by atoms with van der Waals surface area (Å²) in [5, 5.41) is 2.88. The molecule has 1 aliphatic rings. The molecule has 31 heavy (non-hydrogen) atoms. The lowest BCUT2D eigenvalue weighted by Crippen LogP contribution is -2.43. The van der Waals surface area contributed by atoms with Crippen molar-refractivity contribution < 1.29 is 14.1 Å². The number of hydrogen-bond acceptors (Lipinski definition) is 2. The maximum Gasteiger partial charge on any atom is 0.230 e. The Hall–Kier alpha value is -2.46. The van der Waals surface area contributed by atoms with Crippen molar-refractivity contribution in [1.82, 2.24) is 5.32 Å². The van der Waals surface area contributed by atoms with E-state index >= 15 is 0 Å². The average Bonchev–Trinajstić information content (AvgIpc) is 2.99. The second kappa shape index (κ2) is 11.8. The summed E-state index contributed by atoms with van der Waals surface area (Å²) in [7, 11) is 2.33. The first-order valence-corrected chi connectivity index (χ1v) is 11.8. The van der Waals surface area contributed by atoms with Crippen LogP contribution in [0.2, 0.25) is 0 Å². The molecule has 2 aromatic carbocycles. The average molecular weight is 422 g/mol. The quantitative estimate of drug-likeness (QED) is 0.319. The molecule has 1 saturated heterocycles. The van der Waals surface area contributed by atoms with Crippen LogP contribution in [-0.2, 0) is 22.7 Å². The molecule has 0 aromatic heterocycles. The van der Waals surface area contributed by atoms with Gasteiger partial charge in [0.25, 0.3) is 0 Å². The second-order valence-corrected chi connectivity index (χ2v) is 9.25. The van der Waals surface area contributed by atoms with Crippen LogP contribution in [0.1, 0.15) is 56.1 Å². The summed E-state index contributed by atoms with van der Waals surface area (Å²) in [6, 6.07) is 21.4. The van der Waals surface area contributed by atoms with Gasteiger partial charge in [0.05, 0.1) is 19.5 Å². The molecule has 4 nitrogen and oxygen atoms in total. The Morgan fingerprint density at radius 1 is 0.903 bits per heavy atom. The van der Waals surface area contributed by atoms with Crippen molar-refractivity contribution in [3.63, 3.8) is 0 Å². The van der Waals surface area contributed by atoms with Gasteiger partial charge in [-0.15, -0.1) is 0 Å². The predicted molar refractivity (Wildman–Crippen MR) is 125 cm³/mol. The predicted octanol–water partition coefficient (Wildman–Crippen LogP) is 4.88. The fourth-order valence-electron chi connectivity index (χ4n) is 4.65. The highest BCUT2D eigenvalue weighted by Crippen LogP contribution is 2.20. The van der Waals surface area contributed by atoms with E-state index in [1.165, 1.54) is 11.1 Å². The Morgan fingerprint density at radius 2 is 1.52 bits per heavy atom. The summed E-state index contributed by atoms with van der Waals surface area (Å²) >= 11 is 0. The van der Waals surface area contributed by atoms with E-state index in [2.05, 4.69) is 73.0 Å². The fraction of sp³-hybridized carbons (Fsp3) is 0.481. The maximum atomic E-state index is 12.5. The number of quaternary nitrogens is 1. The Balaban J connectivity index is 1.50. The van der Waals surface area contributed by atoms with E-state index in [0.29, 0.717) is 19.4 Å². The number of Topliss-reactive ketones (excluding diaryl/α,β-unsaturated/α-hetero) is 1. The highest BCUT2D eigenvalue weighted by Gasteiger charge is 2.27. The summed E-state index contributed by atoms with van der Waals surface area (Å²) in [6.07, 6.45) is 6.17. The van der Waals surface area contributed by atoms with E-state index in [4.69, 9.17) is 0 Å². The first-order valence-electron chi connectivity index (χ1n) is 11.8. The first kappa shape index (κ1) is 23.2. The molecule has 1 amide bonds. The number of amides is 1. The van der Waals surface area contributed by atoms with E-state index in [9.17, 15) is 9.59 Å². The molecule has 1 unspecified atom stereocenters. The van der Waals surface area contributed by atoms with Gasteiger partial charge < -0.3 is 9.80 Å². The number of benzene rings is 2. The lowest BCUT2D eigenvalue weighted by atomic mass is 9.94. The molecule has 4 heteroatoms. The number of hydrogen-bond donors (Lipinski definition) is 1. The molecule has 1 fully saturated rings. The van der Waals surface area contributed by atoms with Gasteiger partial charge in [0.1, 0.15) is 18.9 Å². The third-order valence-corrected chi connectivity index (χ3v) is 6.36. The molecule has 1 N–H and O–H groups in total. The largest absolute Gasteiger partial charge is 0.355 e. The number of carbonyl (C=O) groups excluding carboxylic acids is 2. The number of nitrogens with one attached hydrogen (secondary N) is 1. The van der Waals surface area contributed by atoms with Gasteiger partial charge in [-0.25, -0.2) is 0 Å². The SMILES string of the molecule is C[N+](CCCCCC(=O)C1CCCCNC1=O)(Cc1ccccc1)Cc1ccccc1. The molecule has 0 spiro atoms. The van der Waals surface area contributed by atoms with Gasteiger partial charge in [0.15, 0.2) is 0 Å². The molecule has 3 rings (SSSR count). The molecule has 2 aromatic rings. The number of nitrogens with zero attached hydrogens (tertiary/aromatic N) is 1. The molecular weight excluding hydrogens is 384 g/mol. The van der Waals surface area contributed by atoms with Crippen LogP contribution >= 0.6 is 0 Å². The van der Waals surface area contributed by atoms with Gasteiger partial charge in [-0.1, -0.05) is 67.1 Å². The lowest BCUT2D eigenvalue weighted by molar-refractivity contribution is -0.935. The number of ketones is 1. The third kappa shape index (κ3) is 7.62. The van der Waals surface area contributed by atoms with Crippen molar-refractivity contribution in [2.45, 2.75) is 58.0 Å². The van der Waals surface area contributed by atoms with E-state index < -0.39 is 5.92 Å². The summed E-state index contributed by atoms with van der Waals surface area (Å²) in [4.78, 5) is 24.6. The van der Waals surface area contributed by atoms with Crippen LogP contribution in [0.15, 0.2) is 60.7 Å². The number of carbonyl (C=O) groups is 2. The second-order valence-electron chi connectivity index (χ2n) is 9.25. The van der Waals surface area contributed by atoms with Crippen LogP contribution in [-0.4, -0.2) is 36.3 Å². The van der Waals surface area contributed by atoms with Crippen molar-refractivity contribution in [3.8, 4) is 0 Å². The Morgan fingerprint density at radius 3 is 2.13 bits per heavy atom. The first-order chi connectivity index (χ1) is 15.1. The topological polar surface area (TPSA) is 46.2 Å². The minimum absolute atomic E-state index is 0.0579. The van der Waals surface area contributed by atoms with Gasteiger partial charge >= 0.3 is 0 Å². The third-order valence-electron chi connectivity index (χ3n) is 6.36. The normalized spacial score (nSPS) is 17.1. The van der Waals surface area contributed by atoms with Crippen LogP contribution in [0, 0.1) is 5.92 Å². The minimum Gasteiger partial charge on any atom is -0.355 e. The van der Waals surface area contributed by atoms with Gasteiger partial charge in [-0.2, -0.15) is 0 Å². The van der Waals surface area contributed by atoms with Crippen LogP contribution in [0.3, 0.4) is 0 Å². The maximum absolute atomic E-state index is 12.5. The number of rotatable bonds is 11. The van der Waals surface area contributed by atoms with Gasteiger partial charge in [0, 0.05) is 24.1 Å². The molecule has 1 atom stereocenters. The molecule has 0 radical (unpaired) electrons. The van der Waals surface area contributed by atoms with Crippen LogP contribution in [0.25, 0.3) is 0 Å². The van der Waals surface area contributed by atoms with Crippen molar-refractivity contribution in [2.75, 3.05) is 20.1 Å². The van der Waals surface area contributed by atoms with Crippen molar-refractivity contribution in [1.29, 1.82) is 0 Å². The van der Waals surface area contributed by atoms with Crippen molar-refractivity contribution in [2.24, 2.45) is 5.92 Å². The molecular formula is C27H37N2O2+. The fourth-order valence-corrected chi connectivity index (χ4v) is 4.65. The molecule has 1 aliphatic heterocycles. The summed E-state index contributed by atoms with van der Waals surface area (Å²) < 4.78 is 0.951. The zero-order valence-corrected chi connectivity index (χ0v) is 18.9. The zero-order valence-electron chi connectivity index (χ0n) is 18.9. The molecule has 0 saturated carbocycles. The molecule has 0 bridgehead atoms. The van der Waals surface area contributed by atoms with Crippen molar-refractivity contribution >= 4 is 11.7 Å². The molecule has 0 aliphatic carbocycles. The van der Waals surface area contributed by atoms with Gasteiger partial charge in [-0.3, -0.25) is 9.59 Å².